The normalized spacial score (nSPS) is 9.28. The third kappa shape index (κ3) is 2.32. The predicted octanol–water partition coefficient (Wildman–Crippen LogP) is 3.34. The summed E-state index contributed by atoms with van der Waals surface area (Å²) in [5.74, 6) is 0. The zero-order chi connectivity index (χ0) is 13.0. The van der Waals surface area contributed by atoms with Crippen LogP contribution >= 0.6 is 15.9 Å². The highest BCUT2D eigenvalue weighted by Gasteiger charge is 2.04. The van der Waals surface area contributed by atoms with Crippen LogP contribution in [0.25, 0.3) is 10.9 Å². The Kier molecular flexibility index (Phi) is 3.57. The van der Waals surface area contributed by atoms with E-state index in [-0.39, 0.29) is 5.57 Å². The zero-order valence-corrected chi connectivity index (χ0v) is 10.8. The Hall–Kier alpha value is -2.37. The maximum absolute atomic E-state index is 8.64. The number of nitrogens with one attached hydrogen (secondary N) is 1. The SMILES string of the molecule is N#CC(C#N)=CNc1ccc2ncccc2c1Br. The van der Waals surface area contributed by atoms with E-state index in [0.717, 1.165) is 21.1 Å². The van der Waals surface area contributed by atoms with Crippen molar-refractivity contribution in [3.8, 4) is 12.1 Å². The molecule has 1 aromatic carbocycles. The summed E-state index contributed by atoms with van der Waals surface area (Å²) in [5, 5.41) is 21.2. The van der Waals surface area contributed by atoms with E-state index >= 15 is 0 Å². The summed E-state index contributed by atoms with van der Waals surface area (Å²) < 4.78 is 0.847. The maximum Gasteiger partial charge on any atom is 0.145 e. The quantitative estimate of drug-likeness (QED) is 0.863. The van der Waals surface area contributed by atoms with E-state index in [2.05, 4.69) is 26.2 Å². The van der Waals surface area contributed by atoms with E-state index in [1.165, 1.54) is 6.20 Å². The summed E-state index contributed by atoms with van der Waals surface area (Å²) >= 11 is 3.48. The van der Waals surface area contributed by atoms with Gasteiger partial charge in [-0.3, -0.25) is 4.98 Å². The topological polar surface area (TPSA) is 72.5 Å². The van der Waals surface area contributed by atoms with Crippen molar-refractivity contribution in [2.24, 2.45) is 0 Å². The van der Waals surface area contributed by atoms with Crippen LogP contribution in [0.4, 0.5) is 5.69 Å². The van der Waals surface area contributed by atoms with Crippen LogP contribution in [0.15, 0.2) is 46.7 Å². The van der Waals surface area contributed by atoms with Crippen LogP contribution < -0.4 is 5.32 Å². The van der Waals surface area contributed by atoms with Gasteiger partial charge >= 0.3 is 0 Å². The van der Waals surface area contributed by atoms with Gasteiger partial charge in [-0.1, -0.05) is 6.07 Å². The second-order valence-electron chi connectivity index (χ2n) is 3.42. The fourth-order valence-corrected chi connectivity index (χ4v) is 2.05. The lowest BCUT2D eigenvalue weighted by Gasteiger charge is -2.06. The Morgan fingerprint density at radius 2 is 2.06 bits per heavy atom. The van der Waals surface area contributed by atoms with E-state index in [9.17, 15) is 0 Å². The lowest BCUT2D eigenvalue weighted by atomic mass is 10.2. The first-order valence-electron chi connectivity index (χ1n) is 5.06. The number of aromatic nitrogens is 1. The summed E-state index contributed by atoms with van der Waals surface area (Å²) in [5.41, 5.74) is 1.67. The molecule has 1 aromatic heterocycles. The number of hydrogen-bond donors (Lipinski definition) is 1. The molecule has 4 nitrogen and oxygen atoms in total. The number of nitriles is 2. The second kappa shape index (κ2) is 5.31. The summed E-state index contributed by atoms with van der Waals surface area (Å²) in [4.78, 5) is 4.23. The highest BCUT2D eigenvalue weighted by Crippen LogP contribution is 2.30. The molecule has 0 unspecified atom stereocenters. The largest absolute Gasteiger partial charge is 0.359 e. The molecule has 0 radical (unpaired) electrons. The third-order valence-electron chi connectivity index (χ3n) is 2.33. The van der Waals surface area contributed by atoms with Gasteiger partial charge in [0.15, 0.2) is 0 Å². The van der Waals surface area contributed by atoms with Crippen LogP contribution in [0, 0.1) is 22.7 Å². The second-order valence-corrected chi connectivity index (χ2v) is 4.22. The van der Waals surface area contributed by atoms with Gasteiger partial charge in [0.05, 0.1) is 15.7 Å². The molecule has 0 fully saturated rings. The molecule has 0 aliphatic heterocycles. The molecule has 0 bridgehead atoms. The minimum Gasteiger partial charge on any atom is -0.359 e. The van der Waals surface area contributed by atoms with Crippen molar-refractivity contribution >= 4 is 32.5 Å². The van der Waals surface area contributed by atoms with Crippen LogP contribution in [0.5, 0.6) is 0 Å². The summed E-state index contributed by atoms with van der Waals surface area (Å²) in [6.07, 6.45) is 3.10. The molecular formula is C13H7BrN4. The van der Waals surface area contributed by atoms with E-state index in [0.29, 0.717) is 0 Å². The number of benzene rings is 1. The van der Waals surface area contributed by atoms with Crippen LogP contribution in [0.2, 0.25) is 0 Å². The van der Waals surface area contributed by atoms with E-state index in [1.54, 1.807) is 18.3 Å². The fourth-order valence-electron chi connectivity index (χ4n) is 1.47. The van der Waals surface area contributed by atoms with E-state index < -0.39 is 0 Å². The summed E-state index contributed by atoms with van der Waals surface area (Å²) in [6.45, 7) is 0. The van der Waals surface area contributed by atoms with Gasteiger partial charge in [-0.15, -0.1) is 0 Å². The number of allylic oxidation sites excluding steroid dienone is 1. The summed E-state index contributed by atoms with van der Waals surface area (Å²) in [6, 6.07) is 11.1. The minimum atomic E-state index is 0.0215. The Morgan fingerprint density at radius 1 is 1.28 bits per heavy atom. The third-order valence-corrected chi connectivity index (χ3v) is 3.19. The van der Waals surface area contributed by atoms with Gasteiger partial charge in [-0.25, -0.2) is 0 Å². The van der Waals surface area contributed by atoms with Crippen molar-refractivity contribution in [3.63, 3.8) is 0 Å². The molecule has 86 valence electrons. The van der Waals surface area contributed by atoms with Crippen molar-refractivity contribution in [2.45, 2.75) is 0 Å². The van der Waals surface area contributed by atoms with Gasteiger partial charge in [0.1, 0.15) is 17.7 Å². The minimum absolute atomic E-state index is 0.0215. The van der Waals surface area contributed by atoms with E-state index in [1.807, 2.05) is 24.3 Å². The Bertz CT molecular complexity index is 691. The zero-order valence-electron chi connectivity index (χ0n) is 9.18. The molecule has 0 amide bonds. The highest BCUT2D eigenvalue weighted by atomic mass is 79.9. The van der Waals surface area contributed by atoms with Gasteiger partial charge in [0.2, 0.25) is 0 Å². The number of anilines is 1. The lowest BCUT2D eigenvalue weighted by Crippen LogP contribution is -1.92. The molecule has 2 rings (SSSR count). The fraction of sp³-hybridized carbons (Fsp3) is 0. The molecule has 0 aliphatic carbocycles. The smallest absolute Gasteiger partial charge is 0.145 e. The molecule has 0 spiro atoms. The predicted molar refractivity (Wildman–Crippen MR) is 72.4 cm³/mol. The van der Waals surface area contributed by atoms with Gasteiger partial charge in [-0.2, -0.15) is 10.5 Å². The molecule has 0 saturated carbocycles. The maximum atomic E-state index is 8.64. The van der Waals surface area contributed by atoms with Crippen molar-refractivity contribution in [1.82, 2.24) is 4.98 Å². The van der Waals surface area contributed by atoms with Crippen LogP contribution in [-0.4, -0.2) is 4.98 Å². The molecule has 18 heavy (non-hydrogen) atoms. The first kappa shape index (κ1) is 12.1. The molecule has 0 atom stereocenters. The van der Waals surface area contributed by atoms with E-state index in [4.69, 9.17) is 10.5 Å². The van der Waals surface area contributed by atoms with Gasteiger partial charge < -0.3 is 5.32 Å². The molecule has 1 N–H and O–H groups in total. The van der Waals surface area contributed by atoms with Crippen LogP contribution in [0.1, 0.15) is 0 Å². The molecule has 0 saturated heterocycles. The van der Waals surface area contributed by atoms with Crippen molar-refractivity contribution in [1.29, 1.82) is 10.5 Å². The number of fused-ring (bicyclic) bond motifs is 1. The highest BCUT2D eigenvalue weighted by molar-refractivity contribution is 9.10. The number of pyridine rings is 1. The van der Waals surface area contributed by atoms with Gasteiger partial charge in [-0.05, 0) is 34.1 Å². The monoisotopic (exact) mass is 298 g/mol. The van der Waals surface area contributed by atoms with Crippen LogP contribution in [-0.2, 0) is 0 Å². The summed E-state index contributed by atoms with van der Waals surface area (Å²) in [7, 11) is 0. The van der Waals surface area contributed by atoms with Gasteiger partial charge in [0.25, 0.3) is 0 Å². The number of hydrogen-bond acceptors (Lipinski definition) is 4. The average molecular weight is 299 g/mol. The van der Waals surface area contributed by atoms with Gasteiger partial charge in [0, 0.05) is 17.8 Å². The number of nitrogens with zero attached hydrogens (tertiary/aromatic N) is 3. The number of halogens is 1. The molecule has 0 aliphatic rings. The standard InChI is InChI=1S/C13H7BrN4/c14-13-10-2-1-5-17-11(10)3-4-12(13)18-8-9(6-15)7-16/h1-5,8,18H. The number of rotatable bonds is 2. The molecular weight excluding hydrogens is 292 g/mol. The van der Waals surface area contributed by atoms with Crippen molar-refractivity contribution < 1.29 is 0 Å². The Morgan fingerprint density at radius 3 is 2.78 bits per heavy atom. The van der Waals surface area contributed by atoms with Crippen molar-refractivity contribution in [3.05, 3.63) is 46.7 Å². The average Bonchev–Trinajstić information content (AvgIpc) is 2.42. The first-order chi connectivity index (χ1) is 8.76. The van der Waals surface area contributed by atoms with Crippen LogP contribution in [0.3, 0.4) is 0 Å². The lowest BCUT2D eigenvalue weighted by molar-refractivity contribution is 1.40. The molecule has 5 heteroatoms. The van der Waals surface area contributed by atoms with Crippen molar-refractivity contribution in [2.75, 3.05) is 5.32 Å². The molecule has 2 aromatic rings. The first-order valence-corrected chi connectivity index (χ1v) is 5.85. The Labute approximate surface area is 112 Å². The Balaban J connectivity index is 2.42. The molecule has 1 heterocycles.